The summed E-state index contributed by atoms with van der Waals surface area (Å²) in [6, 6.07) is 4.57. The van der Waals surface area contributed by atoms with Gasteiger partial charge in [0.1, 0.15) is 6.61 Å². The molecule has 0 radical (unpaired) electrons. The number of amides is 2. The number of nitrogens with one attached hydrogen (secondary N) is 1. The fraction of sp³-hybridized carbons (Fsp3) is 0.560. The zero-order valence-corrected chi connectivity index (χ0v) is 18.6. The molecule has 1 aliphatic heterocycles. The molecule has 0 spiro atoms. The van der Waals surface area contributed by atoms with Crippen LogP contribution < -0.4 is 5.32 Å². The van der Waals surface area contributed by atoms with Crippen LogP contribution in [0.2, 0.25) is 0 Å². The lowest BCUT2D eigenvalue weighted by Crippen LogP contribution is -2.23. The number of imide groups is 1. The highest BCUT2D eigenvalue weighted by molar-refractivity contribution is 6.17. The molecule has 0 unspecified atom stereocenters. The van der Waals surface area contributed by atoms with Crippen molar-refractivity contribution < 1.29 is 19.1 Å². The number of benzene rings is 1. The Hall–Kier alpha value is -2.43. The van der Waals surface area contributed by atoms with E-state index < -0.39 is 17.8 Å². The zero-order chi connectivity index (χ0) is 21.9. The van der Waals surface area contributed by atoms with Gasteiger partial charge in [0.25, 0.3) is 11.8 Å². The molecule has 0 bridgehead atoms. The number of rotatable bonds is 13. The maximum Gasteiger partial charge on any atom is 0.310 e. The summed E-state index contributed by atoms with van der Waals surface area (Å²) < 4.78 is 5.56. The van der Waals surface area contributed by atoms with Crippen LogP contribution in [-0.4, -0.2) is 17.8 Å². The summed E-state index contributed by atoms with van der Waals surface area (Å²) >= 11 is 0. The van der Waals surface area contributed by atoms with Crippen LogP contribution in [0.15, 0.2) is 23.8 Å². The topological polar surface area (TPSA) is 72.5 Å². The molecule has 5 nitrogen and oxygen atoms in total. The van der Waals surface area contributed by atoms with Crippen LogP contribution in [0.25, 0.3) is 0 Å². The first kappa shape index (κ1) is 23.8. The third-order valence-electron chi connectivity index (χ3n) is 5.46. The molecule has 0 aromatic heterocycles. The number of carbonyl (C=O) groups is 3. The predicted octanol–water partition coefficient (Wildman–Crippen LogP) is 4.73. The lowest BCUT2D eigenvalue weighted by molar-refractivity contribution is -0.144. The fourth-order valence-corrected chi connectivity index (χ4v) is 3.70. The molecular formula is C25H35NO4. The Bertz CT molecular complexity index is 765. The molecule has 0 fully saturated rings. The standard InChI is InChI=1S/C25H35NO4/c1-4-7-10-18-13-19(11-8-5-2)22(20(14-18)12-9-6-3)17-30-24(28)16-21-15-23(27)26-25(21)29/h13-15H,4-12,16-17H2,1-3H3,(H,26,27,29). The smallest absolute Gasteiger partial charge is 0.310 e. The van der Waals surface area contributed by atoms with Crippen LogP contribution in [0.4, 0.5) is 0 Å². The predicted molar refractivity (Wildman–Crippen MR) is 118 cm³/mol. The molecule has 0 atom stereocenters. The van der Waals surface area contributed by atoms with Gasteiger partial charge in [-0.05, 0) is 60.8 Å². The van der Waals surface area contributed by atoms with Gasteiger partial charge in [-0.25, -0.2) is 0 Å². The molecule has 2 rings (SSSR count). The van der Waals surface area contributed by atoms with E-state index in [0.29, 0.717) is 0 Å². The van der Waals surface area contributed by atoms with Crippen LogP contribution in [0.5, 0.6) is 0 Å². The highest BCUT2D eigenvalue weighted by atomic mass is 16.5. The van der Waals surface area contributed by atoms with E-state index in [2.05, 4.69) is 38.2 Å². The highest BCUT2D eigenvalue weighted by Gasteiger charge is 2.23. The molecule has 1 heterocycles. The van der Waals surface area contributed by atoms with E-state index in [1.54, 1.807) is 0 Å². The summed E-state index contributed by atoms with van der Waals surface area (Å²) in [5.74, 6) is -1.47. The van der Waals surface area contributed by atoms with Crippen molar-refractivity contribution in [3.63, 3.8) is 0 Å². The number of aryl methyl sites for hydroxylation is 3. The summed E-state index contributed by atoms with van der Waals surface area (Å²) in [6.07, 6.45) is 10.8. The third kappa shape index (κ3) is 7.12. The van der Waals surface area contributed by atoms with Gasteiger partial charge >= 0.3 is 5.97 Å². The average Bonchev–Trinajstić information content (AvgIpc) is 3.04. The Morgan fingerprint density at radius 1 is 0.900 bits per heavy atom. The third-order valence-corrected chi connectivity index (χ3v) is 5.46. The van der Waals surface area contributed by atoms with E-state index >= 15 is 0 Å². The maximum absolute atomic E-state index is 12.3. The quantitative estimate of drug-likeness (QED) is 0.375. The molecule has 1 N–H and O–H groups in total. The van der Waals surface area contributed by atoms with Gasteiger partial charge < -0.3 is 4.74 Å². The molecule has 164 valence electrons. The maximum atomic E-state index is 12.3. The van der Waals surface area contributed by atoms with Gasteiger partial charge in [0, 0.05) is 11.6 Å². The summed E-state index contributed by atoms with van der Waals surface area (Å²) in [4.78, 5) is 35.2. The van der Waals surface area contributed by atoms with Crippen molar-refractivity contribution in [1.29, 1.82) is 0 Å². The highest BCUT2D eigenvalue weighted by Crippen LogP contribution is 2.24. The van der Waals surface area contributed by atoms with Crippen molar-refractivity contribution in [2.45, 2.75) is 91.6 Å². The Balaban J connectivity index is 2.19. The van der Waals surface area contributed by atoms with Crippen molar-refractivity contribution in [1.82, 2.24) is 5.32 Å². The van der Waals surface area contributed by atoms with Crippen molar-refractivity contribution in [2.75, 3.05) is 0 Å². The molecule has 1 aromatic carbocycles. The summed E-state index contributed by atoms with van der Waals surface area (Å²) in [6.45, 7) is 6.78. The van der Waals surface area contributed by atoms with Crippen LogP contribution in [0.3, 0.4) is 0 Å². The van der Waals surface area contributed by atoms with E-state index in [0.717, 1.165) is 50.5 Å². The molecule has 1 aliphatic rings. The summed E-state index contributed by atoms with van der Waals surface area (Å²) in [5, 5.41) is 2.16. The SMILES string of the molecule is CCCCc1cc(CCCC)c(COC(=O)CC2=CC(=O)NC2=O)c(CCCC)c1. The number of carbonyl (C=O) groups excluding carboxylic acids is 3. The number of hydrogen-bond acceptors (Lipinski definition) is 4. The van der Waals surface area contributed by atoms with E-state index in [1.165, 1.54) is 35.6 Å². The Kier molecular flexibility index (Phi) is 9.78. The summed E-state index contributed by atoms with van der Waals surface area (Å²) in [5.41, 5.74) is 5.20. The Morgan fingerprint density at radius 2 is 1.47 bits per heavy atom. The first-order valence-corrected chi connectivity index (χ1v) is 11.3. The lowest BCUT2D eigenvalue weighted by Gasteiger charge is -2.18. The molecular weight excluding hydrogens is 378 g/mol. The number of ether oxygens (including phenoxy) is 1. The van der Waals surface area contributed by atoms with E-state index in [-0.39, 0.29) is 18.6 Å². The van der Waals surface area contributed by atoms with Crippen LogP contribution in [0, 0.1) is 0 Å². The van der Waals surface area contributed by atoms with Crippen molar-refractivity contribution in [3.05, 3.63) is 46.0 Å². The second-order valence-electron chi connectivity index (χ2n) is 8.03. The van der Waals surface area contributed by atoms with Crippen LogP contribution >= 0.6 is 0 Å². The average molecular weight is 414 g/mol. The van der Waals surface area contributed by atoms with E-state index in [1.807, 2.05) is 0 Å². The van der Waals surface area contributed by atoms with Crippen LogP contribution in [0.1, 0.15) is 88.0 Å². The zero-order valence-electron chi connectivity index (χ0n) is 18.6. The second kappa shape index (κ2) is 12.3. The van der Waals surface area contributed by atoms with Gasteiger partial charge in [0.05, 0.1) is 6.42 Å². The first-order valence-electron chi connectivity index (χ1n) is 11.3. The molecule has 0 aliphatic carbocycles. The van der Waals surface area contributed by atoms with Gasteiger partial charge in [-0.2, -0.15) is 0 Å². The van der Waals surface area contributed by atoms with Crippen molar-refractivity contribution in [3.8, 4) is 0 Å². The molecule has 1 aromatic rings. The van der Waals surface area contributed by atoms with E-state index in [4.69, 9.17) is 4.74 Å². The number of esters is 1. The van der Waals surface area contributed by atoms with Gasteiger partial charge in [0.15, 0.2) is 0 Å². The van der Waals surface area contributed by atoms with Gasteiger partial charge in [0.2, 0.25) is 0 Å². The van der Waals surface area contributed by atoms with Gasteiger partial charge in [-0.15, -0.1) is 0 Å². The summed E-state index contributed by atoms with van der Waals surface area (Å²) in [7, 11) is 0. The number of hydrogen-bond donors (Lipinski definition) is 1. The lowest BCUT2D eigenvalue weighted by atomic mass is 9.90. The minimum atomic E-state index is -0.510. The Labute approximate surface area is 180 Å². The molecule has 0 saturated heterocycles. The molecule has 0 saturated carbocycles. The minimum absolute atomic E-state index is 0.164. The fourth-order valence-electron chi connectivity index (χ4n) is 3.70. The van der Waals surface area contributed by atoms with Gasteiger partial charge in [-0.1, -0.05) is 52.2 Å². The first-order chi connectivity index (χ1) is 14.5. The van der Waals surface area contributed by atoms with Crippen molar-refractivity contribution >= 4 is 17.8 Å². The van der Waals surface area contributed by atoms with Gasteiger partial charge in [-0.3, -0.25) is 19.7 Å². The monoisotopic (exact) mass is 413 g/mol. The molecule has 2 amide bonds. The normalized spacial score (nSPS) is 13.4. The largest absolute Gasteiger partial charge is 0.461 e. The van der Waals surface area contributed by atoms with Crippen LogP contribution in [-0.2, 0) is 45.0 Å². The van der Waals surface area contributed by atoms with Crippen molar-refractivity contribution in [2.24, 2.45) is 0 Å². The van der Waals surface area contributed by atoms with E-state index in [9.17, 15) is 14.4 Å². The molecule has 30 heavy (non-hydrogen) atoms. The molecule has 5 heteroatoms. The Morgan fingerprint density at radius 3 is 1.97 bits per heavy atom. The minimum Gasteiger partial charge on any atom is -0.461 e. The second-order valence-corrected chi connectivity index (χ2v) is 8.03. The number of unbranched alkanes of at least 4 members (excludes halogenated alkanes) is 3.